The molecule has 6 aliphatic rings. The third-order valence-electron chi connectivity index (χ3n) is 9.53. The first-order chi connectivity index (χ1) is 15.2. The number of ketones is 1. The maximum Gasteiger partial charge on any atom is 0.211 e. The Labute approximate surface area is 189 Å². The van der Waals surface area contributed by atoms with Gasteiger partial charge in [-0.3, -0.25) is 4.79 Å². The van der Waals surface area contributed by atoms with Crippen molar-refractivity contribution in [3.63, 3.8) is 0 Å². The summed E-state index contributed by atoms with van der Waals surface area (Å²) in [7, 11) is 0. The molecule has 32 heavy (non-hydrogen) atoms. The first-order valence-electron chi connectivity index (χ1n) is 11.8. The van der Waals surface area contributed by atoms with Crippen LogP contribution in [0.5, 0.6) is 0 Å². The summed E-state index contributed by atoms with van der Waals surface area (Å²) in [5, 5.41) is 23.7. The topological polar surface area (TPSA) is 76.0 Å². The monoisotopic (exact) mass is 436 g/mol. The second kappa shape index (κ2) is 6.41. The summed E-state index contributed by atoms with van der Waals surface area (Å²) in [6, 6.07) is 9.72. The molecule has 2 aliphatic heterocycles. The van der Waals surface area contributed by atoms with Gasteiger partial charge in [0, 0.05) is 17.3 Å². The number of hydrogen-bond donors (Lipinski definition) is 2. The molecule has 0 aromatic heterocycles. The van der Waals surface area contributed by atoms with Gasteiger partial charge in [-0.05, 0) is 41.7 Å². The number of hydrogen-bond acceptors (Lipinski definition) is 5. The van der Waals surface area contributed by atoms with E-state index in [0.29, 0.717) is 12.2 Å². The zero-order valence-corrected chi connectivity index (χ0v) is 18.8. The Hall–Kier alpha value is -1.79. The molecule has 5 nitrogen and oxygen atoms in total. The van der Waals surface area contributed by atoms with Gasteiger partial charge in [0.25, 0.3) is 0 Å². The largest absolute Gasteiger partial charge is 0.391 e. The molecule has 2 heterocycles. The van der Waals surface area contributed by atoms with Crippen LogP contribution in [-0.4, -0.2) is 40.6 Å². The number of aliphatic hydroxyl groups is 2. The van der Waals surface area contributed by atoms with E-state index >= 15 is 0 Å². The third-order valence-corrected chi connectivity index (χ3v) is 9.53. The number of ether oxygens (including phenoxy) is 2. The molecule has 0 radical (unpaired) electrons. The lowest BCUT2D eigenvalue weighted by Crippen LogP contribution is -2.83. The van der Waals surface area contributed by atoms with Crippen molar-refractivity contribution in [3.8, 4) is 0 Å². The van der Waals surface area contributed by atoms with Crippen molar-refractivity contribution >= 4 is 5.78 Å². The van der Waals surface area contributed by atoms with Crippen molar-refractivity contribution in [2.24, 2.45) is 34.0 Å². The molecule has 2 spiro atoms. The van der Waals surface area contributed by atoms with Gasteiger partial charge in [-0.1, -0.05) is 62.9 Å². The van der Waals surface area contributed by atoms with Gasteiger partial charge in [-0.15, -0.1) is 0 Å². The van der Waals surface area contributed by atoms with Crippen molar-refractivity contribution in [1.82, 2.24) is 0 Å². The number of carbonyl (C=O) groups is 1. The normalized spacial score (nSPS) is 47.9. The van der Waals surface area contributed by atoms with Crippen LogP contribution in [0.2, 0.25) is 0 Å². The number of fused-ring (bicyclic) bond motifs is 2. The molecule has 2 saturated heterocycles. The van der Waals surface area contributed by atoms with Gasteiger partial charge in [-0.25, -0.2) is 0 Å². The summed E-state index contributed by atoms with van der Waals surface area (Å²) < 4.78 is 13.0. The van der Waals surface area contributed by atoms with Crippen LogP contribution in [0.3, 0.4) is 0 Å². The van der Waals surface area contributed by atoms with E-state index in [1.54, 1.807) is 0 Å². The summed E-state index contributed by atoms with van der Waals surface area (Å²) in [6.45, 7) is 9.02. The Morgan fingerprint density at radius 2 is 1.91 bits per heavy atom. The summed E-state index contributed by atoms with van der Waals surface area (Å²) in [5.41, 5.74) is -0.652. The standard InChI is InChI=1S/C27H32O5/c1-16-18-10-11-19-25-13-7-12-24(2,3)20(25)23(30)27(32-15-25,26(19,21(16)28)22(18)29)31-14-17-8-5-4-6-9-17/h4-9,13,18-20,22-23,29-30H,1,10-12,14-15H2,2-3H3/t18-,19-,20+,22+,23-,25+,26-,27+/m0/s1. The minimum atomic E-state index is -1.60. The van der Waals surface area contributed by atoms with E-state index in [9.17, 15) is 15.0 Å². The molecule has 0 unspecified atom stereocenters. The SMILES string of the molecule is C=C1C(=O)[C@]23[C@H](O)[C@H]1CC[C@H]2[C@]12C=CCC(C)(C)[C@H]1[C@H](O)[C@@]3(OCc1ccccc1)OC2. The minimum Gasteiger partial charge on any atom is -0.391 e. The van der Waals surface area contributed by atoms with E-state index in [1.807, 2.05) is 30.3 Å². The van der Waals surface area contributed by atoms with Crippen LogP contribution in [0, 0.1) is 34.0 Å². The van der Waals surface area contributed by atoms with Gasteiger partial charge in [0.2, 0.25) is 5.79 Å². The van der Waals surface area contributed by atoms with Crippen LogP contribution in [-0.2, 0) is 20.9 Å². The minimum absolute atomic E-state index is 0.134. The first kappa shape index (κ1) is 20.8. The van der Waals surface area contributed by atoms with Crippen LogP contribution >= 0.6 is 0 Å². The number of allylic oxidation sites excluding steroid dienone is 1. The van der Waals surface area contributed by atoms with E-state index in [4.69, 9.17) is 9.47 Å². The molecule has 1 aromatic rings. The van der Waals surface area contributed by atoms with Crippen LogP contribution < -0.4 is 0 Å². The van der Waals surface area contributed by atoms with Gasteiger partial charge in [0.05, 0.1) is 19.3 Å². The molecule has 7 rings (SSSR count). The average molecular weight is 437 g/mol. The fourth-order valence-electron chi connectivity index (χ4n) is 8.39. The summed E-state index contributed by atoms with van der Waals surface area (Å²) >= 11 is 0. The first-order valence-corrected chi connectivity index (χ1v) is 11.8. The fourth-order valence-corrected chi connectivity index (χ4v) is 8.39. The maximum absolute atomic E-state index is 14.0. The Morgan fingerprint density at radius 1 is 1.16 bits per heavy atom. The Morgan fingerprint density at radius 3 is 2.66 bits per heavy atom. The van der Waals surface area contributed by atoms with Gasteiger partial charge in [0.15, 0.2) is 5.78 Å². The quantitative estimate of drug-likeness (QED) is 0.561. The fraction of sp³-hybridized carbons (Fsp3) is 0.593. The number of benzene rings is 1. The highest BCUT2D eigenvalue weighted by atomic mass is 16.7. The van der Waals surface area contributed by atoms with Gasteiger partial charge < -0.3 is 19.7 Å². The average Bonchev–Trinajstić information content (AvgIpc) is 2.87. The summed E-state index contributed by atoms with van der Waals surface area (Å²) in [5.74, 6) is -2.38. The Bertz CT molecular complexity index is 1010. The van der Waals surface area contributed by atoms with Crippen LogP contribution in [0.1, 0.15) is 38.7 Å². The zero-order chi connectivity index (χ0) is 22.5. The molecular weight excluding hydrogens is 404 g/mol. The van der Waals surface area contributed by atoms with Crippen molar-refractivity contribution in [1.29, 1.82) is 0 Å². The van der Waals surface area contributed by atoms with Crippen molar-refractivity contribution in [2.45, 2.75) is 57.7 Å². The van der Waals surface area contributed by atoms with E-state index < -0.39 is 28.8 Å². The highest BCUT2D eigenvalue weighted by Crippen LogP contribution is 2.76. The smallest absolute Gasteiger partial charge is 0.211 e. The lowest BCUT2D eigenvalue weighted by atomic mass is 9.37. The van der Waals surface area contributed by atoms with Gasteiger partial charge in [0.1, 0.15) is 11.5 Å². The highest BCUT2D eigenvalue weighted by Gasteiger charge is 2.86. The van der Waals surface area contributed by atoms with Crippen molar-refractivity contribution in [2.75, 3.05) is 6.61 Å². The second-order valence-corrected chi connectivity index (χ2v) is 11.3. The van der Waals surface area contributed by atoms with Crippen LogP contribution in [0.15, 0.2) is 54.6 Å². The molecule has 4 aliphatic carbocycles. The maximum atomic E-state index is 14.0. The van der Waals surface area contributed by atoms with E-state index in [0.717, 1.165) is 24.8 Å². The molecule has 2 N–H and O–H groups in total. The lowest BCUT2D eigenvalue weighted by molar-refractivity contribution is -0.450. The van der Waals surface area contributed by atoms with Gasteiger partial charge >= 0.3 is 0 Å². The number of carbonyl (C=O) groups excluding carboxylic acids is 1. The number of rotatable bonds is 3. The highest BCUT2D eigenvalue weighted by molar-refractivity contribution is 6.05. The van der Waals surface area contributed by atoms with Gasteiger partial charge in [-0.2, -0.15) is 0 Å². The lowest BCUT2D eigenvalue weighted by Gasteiger charge is -2.73. The molecule has 5 heteroatoms. The van der Waals surface area contributed by atoms with Crippen LogP contribution in [0.25, 0.3) is 0 Å². The molecule has 5 fully saturated rings. The molecule has 3 saturated carbocycles. The Balaban J connectivity index is 1.57. The predicted molar refractivity (Wildman–Crippen MR) is 118 cm³/mol. The number of Topliss-reactive ketones (excluding diaryl/α,β-unsaturated/α-hetero) is 1. The third kappa shape index (κ3) is 2.12. The van der Waals surface area contributed by atoms with E-state index in [-0.39, 0.29) is 35.6 Å². The number of aliphatic hydroxyl groups excluding tert-OH is 2. The molecule has 170 valence electrons. The molecular formula is C27H32O5. The molecule has 4 bridgehead atoms. The van der Waals surface area contributed by atoms with E-state index in [2.05, 4.69) is 32.6 Å². The summed E-state index contributed by atoms with van der Waals surface area (Å²) in [4.78, 5) is 14.0. The summed E-state index contributed by atoms with van der Waals surface area (Å²) in [6.07, 6.45) is 4.71. The van der Waals surface area contributed by atoms with Crippen molar-refractivity contribution < 1.29 is 24.5 Å². The van der Waals surface area contributed by atoms with E-state index in [1.165, 1.54) is 0 Å². The molecule has 0 amide bonds. The Kier molecular flexibility index (Phi) is 4.17. The second-order valence-electron chi connectivity index (χ2n) is 11.3. The zero-order valence-electron chi connectivity index (χ0n) is 18.8. The molecule has 8 atom stereocenters. The predicted octanol–water partition coefficient (Wildman–Crippen LogP) is 3.41. The van der Waals surface area contributed by atoms with Crippen LogP contribution in [0.4, 0.5) is 0 Å². The van der Waals surface area contributed by atoms with Crippen molar-refractivity contribution in [3.05, 3.63) is 60.2 Å². The molecule has 1 aromatic carbocycles.